The fourth-order valence-corrected chi connectivity index (χ4v) is 4.95. The molecule has 0 aromatic carbocycles. The molecule has 3 fully saturated rings. The highest BCUT2D eigenvalue weighted by atomic mass is 31.2. The van der Waals surface area contributed by atoms with Gasteiger partial charge in [-0.15, -0.1) is 0 Å². The molecule has 0 radical (unpaired) electrons. The highest BCUT2D eigenvalue weighted by Crippen LogP contribution is 2.45. The van der Waals surface area contributed by atoms with Crippen molar-refractivity contribution in [1.82, 2.24) is 5.09 Å². The molecule has 0 aromatic heterocycles. The average Bonchev–Trinajstić information content (AvgIpc) is 2.74. The highest BCUT2D eigenvalue weighted by molar-refractivity contribution is 7.46. The summed E-state index contributed by atoms with van der Waals surface area (Å²) in [4.78, 5) is 24.4. The first-order valence-electron chi connectivity index (χ1n) is 10.0. The van der Waals surface area contributed by atoms with Crippen LogP contribution < -0.4 is 10.8 Å². The standard InChI is InChI=1S/C17H28FN2O10P/c18-17(5-6-27-14-13(24)12(23)11(22)10(7-21)28-14)15(25)29-31(30-16(17)26)20-9-4-2-1-3-8(9)19/h8-14,20-24H,1-7,19H2/t8-,9-,10-,11+,12+,13-,14?,17?,31?/m1/s1. The summed E-state index contributed by atoms with van der Waals surface area (Å²) in [6.07, 6.45) is -5.14. The number of hydrogen-bond acceptors (Lipinski definition) is 12. The summed E-state index contributed by atoms with van der Waals surface area (Å²) >= 11 is 0. The van der Waals surface area contributed by atoms with Crippen LogP contribution in [0.3, 0.4) is 0 Å². The van der Waals surface area contributed by atoms with Gasteiger partial charge in [-0.3, -0.25) is 0 Å². The molecule has 2 aliphatic heterocycles. The third-order valence-corrected chi connectivity index (χ3v) is 6.85. The van der Waals surface area contributed by atoms with Gasteiger partial charge in [0.05, 0.1) is 13.2 Å². The van der Waals surface area contributed by atoms with Crippen LogP contribution >= 0.6 is 8.53 Å². The molecule has 7 N–H and O–H groups in total. The van der Waals surface area contributed by atoms with Crippen molar-refractivity contribution in [1.29, 1.82) is 0 Å². The maximum Gasteiger partial charge on any atom is 0.386 e. The molecule has 178 valence electrons. The molecule has 0 spiro atoms. The topological polar surface area (TPSA) is 190 Å². The summed E-state index contributed by atoms with van der Waals surface area (Å²) in [5.41, 5.74) is 2.88. The van der Waals surface area contributed by atoms with E-state index in [1.54, 1.807) is 0 Å². The van der Waals surface area contributed by atoms with E-state index >= 15 is 4.39 Å². The Balaban J connectivity index is 1.52. The van der Waals surface area contributed by atoms with Gasteiger partial charge in [0.2, 0.25) is 0 Å². The lowest BCUT2D eigenvalue weighted by Gasteiger charge is -2.39. The smallest absolute Gasteiger partial charge is 0.386 e. The Morgan fingerprint density at radius 3 is 2.39 bits per heavy atom. The quantitative estimate of drug-likeness (QED) is 0.179. The van der Waals surface area contributed by atoms with Crippen molar-refractivity contribution < 1.29 is 52.9 Å². The van der Waals surface area contributed by atoms with E-state index in [0.29, 0.717) is 6.42 Å². The number of carbonyl (C=O) groups is 2. The number of aliphatic hydroxyl groups is 4. The largest absolute Gasteiger partial charge is 0.394 e. The van der Waals surface area contributed by atoms with Crippen molar-refractivity contribution in [3.8, 4) is 0 Å². The van der Waals surface area contributed by atoms with Crippen molar-refractivity contribution in [2.24, 2.45) is 5.73 Å². The van der Waals surface area contributed by atoms with Crippen LogP contribution in [0.15, 0.2) is 0 Å². The molecule has 3 aliphatic rings. The van der Waals surface area contributed by atoms with Crippen molar-refractivity contribution >= 4 is 20.5 Å². The van der Waals surface area contributed by atoms with E-state index in [1.807, 2.05) is 0 Å². The third kappa shape index (κ3) is 5.32. The molecule has 3 rings (SSSR count). The molecule has 2 heterocycles. The normalized spacial score (nSPS) is 43.9. The first kappa shape index (κ1) is 24.6. The van der Waals surface area contributed by atoms with Crippen molar-refractivity contribution in [3.05, 3.63) is 0 Å². The van der Waals surface area contributed by atoms with Crippen LogP contribution in [-0.4, -0.2) is 94.0 Å². The molecule has 1 saturated carbocycles. The van der Waals surface area contributed by atoms with Gasteiger partial charge in [0.15, 0.2) is 6.29 Å². The molecule has 0 bridgehead atoms. The summed E-state index contributed by atoms with van der Waals surface area (Å²) in [6, 6.07) is -0.417. The highest BCUT2D eigenvalue weighted by Gasteiger charge is 2.56. The minimum atomic E-state index is -3.12. The van der Waals surface area contributed by atoms with Gasteiger partial charge < -0.3 is 44.7 Å². The van der Waals surface area contributed by atoms with Gasteiger partial charge in [0, 0.05) is 18.5 Å². The van der Waals surface area contributed by atoms with Crippen LogP contribution in [-0.2, 0) is 28.1 Å². The fourth-order valence-electron chi connectivity index (χ4n) is 3.63. The average molecular weight is 470 g/mol. The number of aliphatic hydroxyl groups excluding tert-OH is 4. The van der Waals surface area contributed by atoms with Crippen LogP contribution in [0.25, 0.3) is 0 Å². The van der Waals surface area contributed by atoms with Crippen molar-refractivity contribution in [3.63, 3.8) is 0 Å². The van der Waals surface area contributed by atoms with Gasteiger partial charge in [-0.25, -0.2) is 19.1 Å². The second-order valence-corrected chi connectivity index (χ2v) is 8.96. The summed E-state index contributed by atoms with van der Waals surface area (Å²) in [5.74, 6) is -2.85. The molecule has 2 saturated heterocycles. The maximum atomic E-state index is 15.0. The molecule has 1 unspecified atom stereocenters. The van der Waals surface area contributed by atoms with Gasteiger partial charge in [-0.1, -0.05) is 12.8 Å². The van der Waals surface area contributed by atoms with Gasteiger partial charge in [0.25, 0.3) is 0 Å². The number of nitrogens with two attached hydrogens (primary N) is 1. The van der Waals surface area contributed by atoms with E-state index in [2.05, 4.69) is 5.09 Å². The van der Waals surface area contributed by atoms with Crippen LogP contribution in [0.4, 0.5) is 4.39 Å². The zero-order valence-corrected chi connectivity index (χ0v) is 17.5. The molecule has 1 aliphatic carbocycles. The van der Waals surface area contributed by atoms with E-state index in [9.17, 15) is 24.9 Å². The first-order valence-corrected chi connectivity index (χ1v) is 11.2. The fraction of sp³-hybridized carbons (Fsp3) is 0.882. The number of alkyl halides is 1. The molecular formula is C17H28FN2O10P. The first-order chi connectivity index (χ1) is 14.7. The lowest BCUT2D eigenvalue weighted by Crippen LogP contribution is -2.59. The Morgan fingerprint density at radius 1 is 1.13 bits per heavy atom. The minimum Gasteiger partial charge on any atom is -0.394 e. The van der Waals surface area contributed by atoms with E-state index in [4.69, 9.17) is 29.4 Å². The number of hydrogen-bond donors (Lipinski definition) is 6. The lowest BCUT2D eigenvalue weighted by molar-refractivity contribution is -0.302. The van der Waals surface area contributed by atoms with Crippen LogP contribution in [0.1, 0.15) is 32.1 Å². The Kier molecular flexibility index (Phi) is 8.16. The summed E-state index contributed by atoms with van der Waals surface area (Å²) in [7, 11) is -2.18. The van der Waals surface area contributed by atoms with Crippen molar-refractivity contribution in [2.75, 3.05) is 13.2 Å². The minimum absolute atomic E-state index is 0.197. The predicted octanol–water partition coefficient (Wildman–Crippen LogP) is -1.91. The number of nitrogens with one attached hydrogen (secondary N) is 1. The molecule has 7 atom stereocenters. The Labute approximate surface area is 178 Å². The Bertz CT molecular complexity index is 640. The van der Waals surface area contributed by atoms with Gasteiger partial charge in [0.1, 0.15) is 24.4 Å². The van der Waals surface area contributed by atoms with Gasteiger partial charge in [-0.05, 0) is 12.8 Å². The van der Waals surface area contributed by atoms with Crippen molar-refractivity contribution in [2.45, 2.75) is 80.6 Å². The second-order valence-electron chi connectivity index (χ2n) is 7.82. The SMILES string of the molecule is N[C@@H]1CCCC[C@H]1NP1OC(=O)C(F)(CCOC2O[C@H](CO)[C@H](O)[C@H](O)[C@H]2O)C(=O)O1. The molecular weight excluding hydrogens is 442 g/mol. The number of ether oxygens (including phenoxy) is 2. The second kappa shape index (κ2) is 10.3. The van der Waals surface area contributed by atoms with E-state index in [-0.39, 0.29) is 12.1 Å². The Hall–Kier alpha value is -1.02. The number of halogens is 1. The molecule has 0 aromatic rings. The maximum absolute atomic E-state index is 15.0. The summed E-state index contributed by atoms with van der Waals surface area (Å²) in [5, 5.41) is 41.4. The summed E-state index contributed by atoms with van der Waals surface area (Å²) < 4.78 is 35.2. The summed E-state index contributed by atoms with van der Waals surface area (Å²) in [6.45, 7) is -1.26. The third-order valence-electron chi connectivity index (χ3n) is 5.65. The Morgan fingerprint density at radius 2 is 1.77 bits per heavy atom. The van der Waals surface area contributed by atoms with Crippen LogP contribution in [0, 0.1) is 0 Å². The zero-order valence-electron chi connectivity index (χ0n) is 16.6. The zero-order chi connectivity index (χ0) is 22.8. The molecule has 0 amide bonds. The van der Waals surface area contributed by atoms with Gasteiger partial charge >= 0.3 is 26.1 Å². The predicted molar refractivity (Wildman–Crippen MR) is 101 cm³/mol. The number of rotatable bonds is 7. The lowest BCUT2D eigenvalue weighted by atomic mass is 9.92. The van der Waals surface area contributed by atoms with Gasteiger partial charge in [-0.2, -0.15) is 0 Å². The van der Waals surface area contributed by atoms with Crippen LogP contribution in [0.2, 0.25) is 0 Å². The molecule has 31 heavy (non-hydrogen) atoms. The van der Waals surface area contributed by atoms with E-state index in [0.717, 1.165) is 19.3 Å². The van der Waals surface area contributed by atoms with E-state index < -0.39 is 76.5 Å². The monoisotopic (exact) mass is 470 g/mol. The molecule has 12 nitrogen and oxygen atoms in total. The molecule has 14 heteroatoms. The van der Waals surface area contributed by atoms with Crippen LogP contribution in [0.5, 0.6) is 0 Å². The number of carbonyl (C=O) groups excluding carboxylic acids is 2. The van der Waals surface area contributed by atoms with E-state index in [1.165, 1.54) is 0 Å².